The molecule has 0 heterocycles. The van der Waals surface area contributed by atoms with Crippen molar-refractivity contribution >= 4 is 46.4 Å². The Morgan fingerprint density at radius 2 is 1.85 bits per heavy atom. The van der Waals surface area contributed by atoms with Gasteiger partial charge in [0.25, 0.3) is 0 Å². The van der Waals surface area contributed by atoms with Gasteiger partial charge in [-0.15, -0.1) is 13.3 Å². The summed E-state index contributed by atoms with van der Waals surface area (Å²) in [6, 6.07) is 0. The summed E-state index contributed by atoms with van der Waals surface area (Å²) in [6.07, 6.45) is 0. The molecule has 0 amide bonds. The van der Waals surface area contributed by atoms with Crippen molar-refractivity contribution in [2.75, 3.05) is 6.61 Å². The summed E-state index contributed by atoms with van der Waals surface area (Å²) in [4.78, 5) is 8.57. The van der Waals surface area contributed by atoms with Gasteiger partial charge in [-0.05, 0) is 6.92 Å². The minimum absolute atomic E-state index is 0.291. The molecule has 0 bridgehead atoms. The maximum absolute atomic E-state index is 12.2. The van der Waals surface area contributed by atoms with E-state index in [1.807, 2.05) is 30.8 Å². The Morgan fingerprint density at radius 3 is 2.08 bits per heavy atom. The fourth-order valence-electron chi connectivity index (χ4n) is 0.342. The Morgan fingerprint density at radius 1 is 1.46 bits per heavy atom. The Balaban J connectivity index is 0. The third kappa shape index (κ3) is 13.4. The topological polar surface area (TPSA) is 75.6 Å². The Hall–Kier alpha value is 1.39. The van der Waals surface area contributed by atoms with Crippen molar-refractivity contribution in [2.45, 2.75) is 6.92 Å². The molecule has 0 aliphatic heterocycles. The molecule has 0 saturated heterocycles. The molecule has 2 atom stereocenters. The van der Waals surface area contributed by atoms with Crippen LogP contribution >= 0.6 is 15.7 Å². The molecule has 2 N–H and O–H groups in total. The van der Waals surface area contributed by atoms with Crippen LogP contribution < -0.4 is 4.86 Å². The molecule has 0 saturated carbocycles. The van der Waals surface area contributed by atoms with Crippen molar-refractivity contribution in [2.24, 2.45) is 0 Å². The first-order valence-corrected chi connectivity index (χ1v) is 6.59. The van der Waals surface area contributed by atoms with E-state index in [1.165, 1.54) is 6.92 Å². The maximum atomic E-state index is 12.2. The molecular weight excluding hydrogens is 216 g/mol. The number of nitrogens with one attached hydrogen (secondary N) is 1. The average molecular weight is 223 g/mol. The monoisotopic (exact) mass is 223 g/mol. The number of hydrogen-bond donors (Lipinski definition) is 2. The van der Waals surface area contributed by atoms with E-state index in [4.69, 9.17) is 4.89 Å². The van der Waals surface area contributed by atoms with Gasteiger partial charge < -0.3 is 4.89 Å². The van der Waals surface area contributed by atoms with Crippen LogP contribution in [0.15, 0.2) is 0 Å². The van der Waals surface area contributed by atoms with Crippen LogP contribution in [0.4, 0.5) is 8.39 Å². The third-order valence-electron chi connectivity index (χ3n) is 0.538. The SMILES string of the molecule is CCOP(=O)(F)NP(=O)(O)F.[Li][Li]. The van der Waals surface area contributed by atoms with Crippen molar-refractivity contribution in [3.63, 3.8) is 0 Å². The number of rotatable bonds is 4. The molecule has 2 unspecified atom stereocenters. The van der Waals surface area contributed by atoms with Gasteiger partial charge in [-0.3, -0.25) is 4.52 Å². The second-order valence-electron chi connectivity index (χ2n) is 1.50. The van der Waals surface area contributed by atoms with Gasteiger partial charge in [0.1, 0.15) is 0 Å². The van der Waals surface area contributed by atoms with Gasteiger partial charge in [-0.25, -0.2) is 9.13 Å². The molecule has 0 rings (SSSR count). The quantitative estimate of drug-likeness (QED) is 0.549. The molecule has 0 radical (unpaired) electrons. The van der Waals surface area contributed by atoms with Gasteiger partial charge >= 0.3 is 46.4 Å². The Labute approximate surface area is 91.7 Å². The van der Waals surface area contributed by atoms with Gasteiger partial charge in [-0.1, -0.05) is 0 Å². The van der Waals surface area contributed by atoms with Crippen LogP contribution in [0.3, 0.4) is 0 Å². The van der Waals surface area contributed by atoms with Crippen LogP contribution in [0.5, 0.6) is 0 Å². The molecule has 0 aliphatic rings. The van der Waals surface area contributed by atoms with E-state index >= 15 is 0 Å². The summed E-state index contributed by atoms with van der Waals surface area (Å²) >= 11 is 4.00. The molecule has 0 spiro atoms. The first-order chi connectivity index (χ1) is 5.77. The third-order valence-corrected chi connectivity index (χ3v) is 3.07. The molecule has 0 fully saturated rings. The zero-order valence-corrected chi connectivity index (χ0v) is 9.32. The first kappa shape index (κ1) is 16.8. The summed E-state index contributed by atoms with van der Waals surface area (Å²) in [5.41, 5.74) is 0. The molecular formula is C2H7F2Li2NO4P2. The van der Waals surface area contributed by atoms with Crippen LogP contribution in [0.2, 0.25) is 0 Å². The summed E-state index contributed by atoms with van der Waals surface area (Å²) in [5, 5.41) is 0. The molecule has 70 valence electrons. The molecule has 11 heteroatoms. The average Bonchev–Trinajstić information content (AvgIpc) is 1.85. The van der Waals surface area contributed by atoms with Crippen molar-refractivity contribution in [1.29, 1.82) is 0 Å². The van der Waals surface area contributed by atoms with Crippen LogP contribution in [0.1, 0.15) is 6.92 Å². The van der Waals surface area contributed by atoms with Gasteiger partial charge in [-0.2, -0.15) is 0 Å². The number of halogens is 2. The van der Waals surface area contributed by atoms with Crippen molar-refractivity contribution in [3.8, 4) is 0 Å². The summed E-state index contributed by atoms with van der Waals surface area (Å²) in [5.74, 6) is 0. The predicted molar refractivity (Wildman–Crippen MR) is 45.9 cm³/mol. The van der Waals surface area contributed by atoms with Crippen LogP contribution in [0, 0.1) is 0 Å². The second kappa shape index (κ2) is 7.66. The Bertz CT molecular complexity index is 222. The van der Waals surface area contributed by atoms with Crippen molar-refractivity contribution in [3.05, 3.63) is 0 Å². The van der Waals surface area contributed by atoms with Gasteiger partial charge in [0.2, 0.25) is 0 Å². The van der Waals surface area contributed by atoms with E-state index < -0.39 is 15.7 Å². The molecule has 0 aromatic carbocycles. The van der Waals surface area contributed by atoms with Crippen LogP contribution in [0.25, 0.3) is 0 Å². The number of hydrogen-bond acceptors (Lipinski definition) is 3. The van der Waals surface area contributed by atoms with E-state index in [0.29, 0.717) is 4.86 Å². The van der Waals surface area contributed by atoms with E-state index in [9.17, 15) is 17.5 Å². The van der Waals surface area contributed by atoms with Gasteiger partial charge in [0.15, 0.2) is 0 Å². The first-order valence-electron chi connectivity index (χ1n) is 3.53. The standard InChI is InChI=1S/C2H7F2NO4P2.2Li/c1-2-9-11(4,8)5-10(3,6)7;;/h2H2,1H3,(H2,5,6,7,8);;. The summed E-state index contributed by atoms with van der Waals surface area (Å²) < 4.78 is 47.8. The van der Waals surface area contributed by atoms with E-state index in [2.05, 4.69) is 4.52 Å². The van der Waals surface area contributed by atoms with E-state index in [-0.39, 0.29) is 6.61 Å². The van der Waals surface area contributed by atoms with Crippen molar-refractivity contribution in [1.82, 2.24) is 4.86 Å². The summed E-state index contributed by atoms with van der Waals surface area (Å²) in [7, 11) is -10.3. The normalized spacial score (nSPS) is 19.4. The molecule has 5 nitrogen and oxygen atoms in total. The fraction of sp³-hybridized carbons (Fsp3) is 1.00. The molecule has 0 aliphatic carbocycles. The van der Waals surface area contributed by atoms with Gasteiger partial charge in [0, 0.05) is 0 Å². The molecule has 0 aromatic rings. The molecule has 13 heavy (non-hydrogen) atoms. The van der Waals surface area contributed by atoms with E-state index in [1.54, 1.807) is 0 Å². The zero-order valence-electron chi connectivity index (χ0n) is 7.53. The molecule has 0 aromatic heterocycles. The minimum atomic E-state index is -5.33. The fourth-order valence-corrected chi connectivity index (χ4v) is 2.08. The van der Waals surface area contributed by atoms with Crippen molar-refractivity contribution < 1.29 is 26.9 Å². The predicted octanol–water partition coefficient (Wildman–Crippen LogP) is 0.998. The van der Waals surface area contributed by atoms with Crippen LogP contribution in [-0.2, 0) is 13.7 Å². The second-order valence-corrected chi connectivity index (χ2v) is 4.52. The van der Waals surface area contributed by atoms with E-state index in [0.717, 1.165) is 0 Å². The zero-order chi connectivity index (χ0) is 11.1. The van der Waals surface area contributed by atoms with Gasteiger partial charge in [0.05, 0.1) is 6.61 Å². The van der Waals surface area contributed by atoms with Crippen LogP contribution in [-0.4, -0.2) is 42.3 Å². The summed E-state index contributed by atoms with van der Waals surface area (Å²) in [6.45, 7) is 1.01. The Kier molecular flexibility index (Phi) is 9.90.